The molecule has 0 aliphatic rings. The standard InChI is InChI=1S/C30H24F3N5O3/c1-16-20(9-5-10-21(16)27(39)37-19-8-4-7-18(14-19)30(31,32)33)23-13-17-15-36-29(34)38-25(17)24(26(23)40-2)22-11-6-12-35-28(22)41-3/h4-15H,1-3H3,(H,37,39)(H2,34,36,38). The number of rotatable bonds is 6. The third-order valence-electron chi connectivity index (χ3n) is 6.60. The number of carbonyl (C=O) groups excluding carboxylic acids is 1. The summed E-state index contributed by atoms with van der Waals surface area (Å²) >= 11 is 0. The topological polar surface area (TPSA) is 112 Å². The van der Waals surface area contributed by atoms with Crippen molar-refractivity contribution in [3.63, 3.8) is 0 Å². The van der Waals surface area contributed by atoms with Crippen molar-refractivity contribution >= 4 is 28.4 Å². The fraction of sp³-hybridized carbons (Fsp3) is 0.133. The van der Waals surface area contributed by atoms with Crippen LogP contribution in [-0.2, 0) is 6.18 Å². The Morgan fingerprint density at radius 3 is 2.41 bits per heavy atom. The van der Waals surface area contributed by atoms with Gasteiger partial charge in [0.25, 0.3) is 5.91 Å². The summed E-state index contributed by atoms with van der Waals surface area (Å²) < 4.78 is 51.0. The predicted molar refractivity (Wildman–Crippen MR) is 150 cm³/mol. The average Bonchev–Trinajstić information content (AvgIpc) is 2.96. The van der Waals surface area contributed by atoms with E-state index in [1.165, 1.54) is 26.4 Å². The van der Waals surface area contributed by atoms with E-state index in [0.717, 1.165) is 12.1 Å². The number of nitrogens with one attached hydrogen (secondary N) is 1. The van der Waals surface area contributed by atoms with Gasteiger partial charge in [0, 0.05) is 40.2 Å². The molecule has 0 aliphatic carbocycles. The van der Waals surface area contributed by atoms with Gasteiger partial charge in [-0.15, -0.1) is 0 Å². The number of pyridine rings is 1. The van der Waals surface area contributed by atoms with Gasteiger partial charge in [-0.3, -0.25) is 4.79 Å². The first-order valence-electron chi connectivity index (χ1n) is 12.3. The molecule has 5 aromatic rings. The van der Waals surface area contributed by atoms with E-state index in [9.17, 15) is 18.0 Å². The zero-order chi connectivity index (χ0) is 29.3. The van der Waals surface area contributed by atoms with E-state index >= 15 is 0 Å². The Morgan fingerprint density at radius 1 is 0.927 bits per heavy atom. The molecule has 0 spiro atoms. The molecule has 0 saturated heterocycles. The Kier molecular flexibility index (Phi) is 7.19. The second-order valence-electron chi connectivity index (χ2n) is 9.07. The minimum atomic E-state index is -4.54. The highest BCUT2D eigenvalue weighted by Gasteiger charge is 2.30. The lowest BCUT2D eigenvalue weighted by molar-refractivity contribution is -0.137. The summed E-state index contributed by atoms with van der Waals surface area (Å²) in [6, 6.07) is 15.0. The maximum Gasteiger partial charge on any atom is 0.416 e. The number of anilines is 2. The molecule has 208 valence electrons. The number of benzene rings is 3. The van der Waals surface area contributed by atoms with Gasteiger partial charge < -0.3 is 20.5 Å². The summed E-state index contributed by atoms with van der Waals surface area (Å²) in [6.07, 6.45) is -1.35. The Labute approximate surface area is 233 Å². The molecule has 0 atom stereocenters. The molecular formula is C30H24F3N5O3. The lowest BCUT2D eigenvalue weighted by Gasteiger charge is -2.20. The number of aromatic nitrogens is 3. The van der Waals surface area contributed by atoms with Crippen molar-refractivity contribution in [3.05, 3.63) is 89.7 Å². The minimum absolute atomic E-state index is 0.0265. The summed E-state index contributed by atoms with van der Waals surface area (Å²) in [5.41, 5.74) is 8.93. The largest absolute Gasteiger partial charge is 0.495 e. The first kappa shape index (κ1) is 27.4. The fourth-order valence-corrected chi connectivity index (χ4v) is 4.72. The second kappa shape index (κ2) is 10.8. The Balaban J connectivity index is 1.67. The summed E-state index contributed by atoms with van der Waals surface area (Å²) in [7, 11) is 3.02. The molecule has 0 saturated carbocycles. The number of nitrogens with two attached hydrogens (primary N) is 1. The van der Waals surface area contributed by atoms with Crippen LogP contribution in [0.3, 0.4) is 0 Å². The van der Waals surface area contributed by atoms with Gasteiger partial charge in [0.15, 0.2) is 0 Å². The number of alkyl halides is 3. The Hall–Kier alpha value is -5.19. The molecule has 0 radical (unpaired) electrons. The number of methoxy groups -OCH3 is 2. The number of fused-ring (bicyclic) bond motifs is 1. The number of hydrogen-bond acceptors (Lipinski definition) is 7. The van der Waals surface area contributed by atoms with Gasteiger partial charge in [-0.1, -0.05) is 18.2 Å². The van der Waals surface area contributed by atoms with Crippen LogP contribution in [0.1, 0.15) is 21.5 Å². The van der Waals surface area contributed by atoms with Crippen LogP contribution in [0.25, 0.3) is 33.2 Å². The molecule has 3 aromatic carbocycles. The predicted octanol–water partition coefficient (Wildman–Crippen LogP) is 6.54. The van der Waals surface area contributed by atoms with Gasteiger partial charge in [-0.2, -0.15) is 13.2 Å². The van der Waals surface area contributed by atoms with E-state index in [2.05, 4.69) is 20.3 Å². The van der Waals surface area contributed by atoms with Crippen LogP contribution < -0.4 is 20.5 Å². The van der Waals surface area contributed by atoms with Gasteiger partial charge in [-0.05, 0) is 60.5 Å². The maximum absolute atomic E-state index is 13.3. The van der Waals surface area contributed by atoms with Crippen molar-refractivity contribution in [2.45, 2.75) is 13.1 Å². The summed E-state index contributed by atoms with van der Waals surface area (Å²) in [6.45, 7) is 1.75. The van der Waals surface area contributed by atoms with E-state index in [4.69, 9.17) is 15.2 Å². The zero-order valence-corrected chi connectivity index (χ0v) is 22.2. The Bertz CT molecular complexity index is 1790. The van der Waals surface area contributed by atoms with E-state index < -0.39 is 17.6 Å². The Morgan fingerprint density at radius 2 is 1.68 bits per heavy atom. The lowest BCUT2D eigenvalue weighted by atomic mass is 9.90. The molecule has 0 aliphatic heterocycles. The maximum atomic E-state index is 13.3. The van der Waals surface area contributed by atoms with Crippen molar-refractivity contribution in [1.29, 1.82) is 0 Å². The molecule has 11 heteroatoms. The summed E-state index contributed by atoms with van der Waals surface area (Å²) in [5.74, 6) is 0.280. The van der Waals surface area contributed by atoms with Crippen LogP contribution >= 0.6 is 0 Å². The monoisotopic (exact) mass is 559 g/mol. The van der Waals surface area contributed by atoms with Crippen LogP contribution in [0.5, 0.6) is 11.6 Å². The number of carbonyl (C=O) groups is 1. The van der Waals surface area contributed by atoms with Gasteiger partial charge in [0.05, 0.1) is 30.9 Å². The molecule has 1 amide bonds. The first-order valence-corrected chi connectivity index (χ1v) is 12.3. The number of nitrogen functional groups attached to an aromatic ring is 1. The van der Waals surface area contributed by atoms with E-state index in [1.807, 2.05) is 18.2 Å². The van der Waals surface area contributed by atoms with E-state index in [0.29, 0.717) is 50.3 Å². The molecule has 2 heterocycles. The molecular weight excluding hydrogens is 535 g/mol. The van der Waals surface area contributed by atoms with E-state index in [-0.39, 0.29) is 17.2 Å². The number of nitrogens with zero attached hydrogens (tertiary/aromatic N) is 3. The molecule has 0 fully saturated rings. The van der Waals surface area contributed by atoms with Crippen molar-refractivity contribution in [3.8, 4) is 33.9 Å². The van der Waals surface area contributed by atoms with Crippen molar-refractivity contribution < 1.29 is 27.4 Å². The van der Waals surface area contributed by atoms with Gasteiger partial charge in [-0.25, -0.2) is 15.0 Å². The second-order valence-corrected chi connectivity index (χ2v) is 9.07. The summed E-state index contributed by atoms with van der Waals surface area (Å²) in [5, 5.41) is 3.23. The smallest absolute Gasteiger partial charge is 0.416 e. The van der Waals surface area contributed by atoms with Crippen molar-refractivity contribution in [1.82, 2.24) is 15.0 Å². The molecule has 41 heavy (non-hydrogen) atoms. The van der Waals surface area contributed by atoms with Gasteiger partial charge >= 0.3 is 6.18 Å². The van der Waals surface area contributed by atoms with Crippen LogP contribution in [0, 0.1) is 6.92 Å². The van der Waals surface area contributed by atoms with Gasteiger partial charge in [0.2, 0.25) is 11.8 Å². The molecule has 2 aromatic heterocycles. The third kappa shape index (κ3) is 5.21. The minimum Gasteiger partial charge on any atom is -0.495 e. The van der Waals surface area contributed by atoms with Crippen LogP contribution in [0.4, 0.5) is 24.8 Å². The van der Waals surface area contributed by atoms with Crippen LogP contribution in [-0.4, -0.2) is 35.1 Å². The third-order valence-corrected chi connectivity index (χ3v) is 6.60. The number of amides is 1. The molecule has 3 N–H and O–H groups in total. The van der Waals surface area contributed by atoms with Crippen molar-refractivity contribution in [2.24, 2.45) is 0 Å². The zero-order valence-electron chi connectivity index (χ0n) is 22.2. The van der Waals surface area contributed by atoms with Crippen LogP contribution in [0.15, 0.2) is 73.1 Å². The quantitative estimate of drug-likeness (QED) is 0.243. The average molecular weight is 560 g/mol. The SMILES string of the molecule is COc1ncccc1-c1c(OC)c(-c2cccc(C(=O)Nc3cccc(C(F)(F)F)c3)c2C)cc2cnc(N)nc12. The fourth-order valence-electron chi connectivity index (χ4n) is 4.72. The number of hydrogen-bond donors (Lipinski definition) is 2. The molecule has 0 unspecified atom stereocenters. The van der Waals surface area contributed by atoms with Crippen molar-refractivity contribution in [2.75, 3.05) is 25.3 Å². The normalized spacial score (nSPS) is 11.4. The number of halogens is 3. The highest BCUT2D eigenvalue weighted by molar-refractivity contribution is 6.08. The molecule has 0 bridgehead atoms. The highest BCUT2D eigenvalue weighted by Crippen LogP contribution is 2.46. The van der Waals surface area contributed by atoms with Gasteiger partial charge in [0.1, 0.15) is 5.75 Å². The molecule has 8 nitrogen and oxygen atoms in total. The number of ether oxygens (including phenoxy) is 2. The van der Waals surface area contributed by atoms with Crippen LogP contribution in [0.2, 0.25) is 0 Å². The first-order chi connectivity index (χ1) is 19.6. The molecule has 5 rings (SSSR count). The van der Waals surface area contributed by atoms with E-state index in [1.54, 1.807) is 37.5 Å². The lowest BCUT2D eigenvalue weighted by Crippen LogP contribution is -2.15. The summed E-state index contributed by atoms with van der Waals surface area (Å²) in [4.78, 5) is 26.2. The highest BCUT2D eigenvalue weighted by atomic mass is 19.4.